The Hall–Kier alpha value is -2.16. The number of hydrogen-bond donors (Lipinski definition) is 0. The molecule has 0 radical (unpaired) electrons. The molecule has 174 valence electrons. The number of halogens is 2. The van der Waals surface area contributed by atoms with E-state index in [0.29, 0.717) is 42.0 Å². The molecule has 1 aromatic heterocycles. The molecular formula is C24H25Cl2N3O3S. The Kier molecular flexibility index (Phi) is 8.22. The van der Waals surface area contributed by atoms with Crippen molar-refractivity contribution < 1.29 is 14.3 Å². The summed E-state index contributed by atoms with van der Waals surface area (Å²) in [6.45, 7) is 5.13. The molecule has 0 unspecified atom stereocenters. The number of carbonyl (C=O) groups excluding carboxylic acids is 1. The summed E-state index contributed by atoms with van der Waals surface area (Å²) < 4.78 is 11.0. The number of thiazole rings is 1. The van der Waals surface area contributed by atoms with E-state index in [4.69, 9.17) is 32.7 Å². The Morgan fingerprint density at radius 3 is 2.52 bits per heavy atom. The van der Waals surface area contributed by atoms with Gasteiger partial charge in [-0.3, -0.25) is 9.69 Å². The highest BCUT2D eigenvalue weighted by atomic mass is 35.5. The van der Waals surface area contributed by atoms with E-state index in [1.807, 2.05) is 40.6 Å². The average Bonchev–Trinajstić information content (AvgIpc) is 3.34. The van der Waals surface area contributed by atoms with Crippen molar-refractivity contribution >= 4 is 40.4 Å². The van der Waals surface area contributed by atoms with E-state index < -0.39 is 0 Å². The zero-order valence-corrected chi connectivity index (χ0v) is 20.6. The number of benzene rings is 2. The van der Waals surface area contributed by atoms with Crippen LogP contribution in [0.1, 0.15) is 16.1 Å². The summed E-state index contributed by atoms with van der Waals surface area (Å²) in [5.41, 5.74) is 2.39. The second kappa shape index (κ2) is 11.3. The largest absolute Gasteiger partial charge is 0.489 e. The standard InChI is InChI=1S/C24H25Cl2N3O3S/c1-31-13-12-28-8-10-29(11-9-28)24(30)22-16-33-23(27-22)18-3-5-19(6-4-18)32-15-17-2-7-20(25)21(26)14-17/h2-7,14,16H,8-13,15H2,1H3. The maximum absolute atomic E-state index is 12.9. The Morgan fingerprint density at radius 1 is 1.06 bits per heavy atom. The molecule has 2 aromatic carbocycles. The van der Waals surface area contributed by atoms with Crippen molar-refractivity contribution in [2.24, 2.45) is 0 Å². The van der Waals surface area contributed by atoms with Crippen LogP contribution in [0, 0.1) is 0 Å². The van der Waals surface area contributed by atoms with E-state index in [1.165, 1.54) is 11.3 Å². The van der Waals surface area contributed by atoms with Gasteiger partial charge in [0.25, 0.3) is 5.91 Å². The van der Waals surface area contributed by atoms with Crippen LogP contribution in [0.2, 0.25) is 10.0 Å². The molecule has 0 atom stereocenters. The first-order valence-corrected chi connectivity index (χ1v) is 12.3. The molecule has 0 aliphatic carbocycles. The first kappa shape index (κ1) is 24.0. The topological polar surface area (TPSA) is 54.9 Å². The lowest BCUT2D eigenvalue weighted by molar-refractivity contribution is 0.0589. The molecule has 2 heterocycles. The summed E-state index contributed by atoms with van der Waals surface area (Å²) in [4.78, 5) is 21.7. The molecule has 3 aromatic rings. The van der Waals surface area contributed by atoms with E-state index in [1.54, 1.807) is 19.2 Å². The van der Waals surface area contributed by atoms with Gasteiger partial charge in [0.15, 0.2) is 0 Å². The van der Waals surface area contributed by atoms with Crippen LogP contribution < -0.4 is 4.74 Å². The van der Waals surface area contributed by atoms with Crippen LogP contribution in [0.25, 0.3) is 10.6 Å². The van der Waals surface area contributed by atoms with Gasteiger partial charge in [-0.15, -0.1) is 11.3 Å². The van der Waals surface area contributed by atoms with Crippen LogP contribution in [-0.4, -0.2) is 67.1 Å². The second-order valence-electron chi connectivity index (χ2n) is 7.73. The molecular weight excluding hydrogens is 481 g/mol. The van der Waals surface area contributed by atoms with E-state index in [0.717, 1.165) is 41.5 Å². The van der Waals surface area contributed by atoms with Gasteiger partial charge >= 0.3 is 0 Å². The molecule has 6 nitrogen and oxygen atoms in total. The van der Waals surface area contributed by atoms with Gasteiger partial charge in [0.1, 0.15) is 23.1 Å². The van der Waals surface area contributed by atoms with Gasteiger partial charge in [-0.05, 0) is 42.0 Å². The summed E-state index contributed by atoms with van der Waals surface area (Å²) in [5, 5.41) is 3.68. The predicted octanol–water partition coefficient (Wildman–Crippen LogP) is 5.10. The normalized spacial score (nSPS) is 14.5. The number of ether oxygens (including phenoxy) is 2. The fourth-order valence-corrected chi connectivity index (χ4v) is 4.67. The molecule has 33 heavy (non-hydrogen) atoms. The molecule has 0 bridgehead atoms. The van der Waals surface area contributed by atoms with Gasteiger partial charge in [-0.1, -0.05) is 29.3 Å². The van der Waals surface area contributed by atoms with Crippen molar-refractivity contribution in [1.82, 2.24) is 14.8 Å². The smallest absolute Gasteiger partial charge is 0.273 e. The SMILES string of the molecule is COCCN1CCN(C(=O)c2csc(-c3ccc(OCc4ccc(Cl)c(Cl)c4)cc3)n2)CC1. The van der Waals surface area contributed by atoms with Crippen molar-refractivity contribution in [3.8, 4) is 16.3 Å². The van der Waals surface area contributed by atoms with Gasteiger partial charge in [0, 0.05) is 50.8 Å². The van der Waals surface area contributed by atoms with Crippen molar-refractivity contribution in [2.75, 3.05) is 46.4 Å². The lowest BCUT2D eigenvalue weighted by atomic mass is 10.2. The van der Waals surface area contributed by atoms with Crippen molar-refractivity contribution in [2.45, 2.75) is 6.61 Å². The molecule has 4 rings (SSSR count). The number of piperazine rings is 1. The maximum Gasteiger partial charge on any atom is 0.273 e. The number of hydrogen-bond acceptors (Lipinski definition) is 6. The summed E-state index contributed by atoms with van der Waals surface area (Å²) >= 11 is 13.5. The van der Waals surface area contributed by atoms with Gasteiger partial charge in [-0.25, -0.2) is 4.98 Å². The lowest BCUT2D eigenvalue weighted by Gasteiger charge is -2.34. The van der Waals surface area contributed by atoms with Crippen LogP contribution in [0.3, 0.4) is 0 Å². The van der Waals surface area contributed by atoms with E-state index in [-0.39, 0.29) is 5.91 Å². The number of rotatable bonds is 8. The Morgan fingerprint density at radius 2 is 1.82 bits per heavy atom. The molecule has 0 saturated carbocycles. The third kappa shape index (κ3) is 6.25. The van der Waals surface area contributed by atoms with E-state index >= 15 is 0 Å². The molecule has 0 spiro atoms. The fraction of sp³-hybridized carbons (Fsp3) is 0.333. The van der Waals surface area contributed by atoms with Crippen LogP contribution in [0.5, 0.6) is 5.75 Å². The Balaban J connectivity index is 1.32. The third-order valence-corrected chi connectivity index (χ3v) is 7.12. The minimum atomic E-state index is -0.00882. The summed E-state index contributed by atoms with van der Waals surface area (Å²) in [7, 11) is 1.71. The van der Waals surface area contributed by atoms with Crippen LogP contribution >= 0.6 is 34.5 Å². The van der Waals surface area contributed by atoms with Crippen molar-refractivity contribution in [1.29, 1.82) is 0 Å². The molecule has 9 heteroatoms. The Bertz CT molecular complexity index is 1080. The molecule has 1 fully saturated rings. The van der Waals surface area contributed by atoms with E-state index in [2.05, 4.69) is 9.88 Å². The second-order valence-corrected chi connectivity index (χ2v) is 9.40. The highest BCUT2D eigenvalue weighted by Gasteiger charge is 2.23. The molecule has 1 aliphatic heterocycles. The van der Waals surface area contributed by atoms with Crippen molar-refractivity contribution in [3.63, 3.8) is 0 Å². The first-order valence-electron chi connectivity index (χ1n) is 10.7. The van der Waals surface area contributed by atoms with E-state index in [9.17, 15) is 4.79 Å². The number of amides is 1. The fourth-order valence-electron chi connectivity index (χ4n) is 3.55. The summed E-state index contributed by atoms with van der Waals surface area (Å²) in [6, 6.07) is 13.1. The minimum Gasteiger partial charge on any atom is -0.489 e. The zero-order valence-electron chi connectivity index (χ0n) is 18.3. The highest BCUT2D eigenvalue weighted by Crippen LogP contribution is 2.27. The van der Waals surface area contributed by atoms with Crippen LogP contribution in [0.15, 0.2) is 47.8 Å². The van der Waals surface area contributed by atoms with Crippen LogP contribution in [-0.2, 0) is 11.3 Å². The van der Waals surface area contributed by atoms with Gasteiger partial charge in [0.05, 0.1) is 16.7 Å². The number of carbonyl (C=O) groups is 1. The molecule has 1 saturated heterocycles. The van der Waals surface area contributed by atoms with Crippen LogP contribution in [0.4, 0.5) is 0 Å². The first-order chi connectivity index (χ1) is 16.0. The van der Waals surface area contributed by atoms with Gasteiger partial charge in [-0.2, -0.15) is 0 Å². The number of methoxy groups -OCH3 is 1. The van der Waals surface area contributed by atoms with Gasteiger partial charge < -0.3 is 14.4 Å². The predicted molar refractivity (Wildman–Crippen MR) is 133 cm³/mol. The monoisotopic (exact) mass is 505 g/mol. The zero-order chi connectivity index (χ0) is 23.2. The number of aromatic nitrogens is 1. The quantitative estimate of drug-likeness (QED) is 0.426. The third-order valence-electron chi connectivity index (χ3n) is 5.49. The summed E-state index contributed by atoms with van der Waals surface area (Å²) in [5.74, 6) is 0.731. The molecule has 0 N–H and O–H groups in total. The molecule has 1 aliphatic rings. The minimum absolute atomic E-state index is 0.00882. The molecule has 1 amide bonds. The number of nitrogens with zero attached hydrogens (tertiary/aromatic N) is 3. The van der Waals surface area contributed by atoms with Gasteiger partial charge in [0.2, 0.25) is 0 Å². The summed E-state index contributed by atoms with van der Waals surface area (Å²) in [6.07, 6.45) is 0. The Labute approximate surface area is 207 Å². The average molecular weight is 506 g/mol. The maximum atomic E-state index is 12.9. The van der Waals surface area contributed by atoms with Crippen molar-refractivity contribution in [3.05, 3.63) is 69.1 Å². The lowest BCUT2D eigenvalue weighted by Crippen LogP contribution is -2.49. The highest BCUT2D eigenvalue weighted by molar-refractivity contribution is 7.13.